The summed E-state index contributed by atoms with van der Waals surface area (Å²) in [5.74, 6) is 3.01. The molecule has 3 saturated carbocycles. The molecular formula is C21H32O3. The maximum atomic E-state index is 11.9. The van der Waals surface area contributed by atoms with E-state index in [2.05, 4.69) is 13.8 Å². The maximum absolute atomic E-state index is 11.9. The molecule has 0 radical (unpaired) electrons. The van der Waals surface area contributed by atoms with E-state index in [4.69, 9.17) is 0 Å². The minimum Gasteiger partial charge on any atom is -0.368 e. The van der Waals surface area contributed by atoms with E-state index in [1.807, 2.05) is 6.08 Å². The van der Waals surface area contributed by atoms with Crippen molar-refractivity contribution in [2.75, 3.05) is 0 Å². The Morgan fingerprint density at radius 3 is 2.62 bits per heavy atom. The number of ketones is 1. The molecule has 0 amide bonds. The van der Waals surface area contributed by atoms with Crippen LogP contribution in [0.1, 0.15) is 71.6 Å². The van der Waals surface area contributed by atoms with Gasteiger partial charge in [-0.15, -0.1) is 0 Å². The van der Waals surface area contributed by atoms with E-state index in [1.54, 1.807) is 0 Å². The number of aliphatic hydroxyl groups excluding tert-OH is 1. The standard InChI is InChI=1S/C21H32O3/c1-20-9-7-15(22)11-13(20)3-5-16-17-6-4-14(12-19(23)24)21(17,2)10-8-18(16)20/h11,14,16-19,23-24H,3-10,12H2,1-2H3. The molecule has 3 heteroatoms. The van der Waals surface area contributed by atoms with E-state index in [-0.39, 0.29) is 10.8 Å². The maximum Gasteiger partial charge on any atom is 0.155 e. The van der Waals surface area contributed by atoms with Crippen LogP contribution >= 0.6 is 0 Å². The lowest BCUT2D eigenvalue weighted by molar-refractivity contribution is -0.118. The second-order valence-electron chi connectivity index (χ2n) is 9.50. The summed E-state index contributed by atoms with van der Waals surface area (Å²) in [7, 11) is 0. The van der Waals surface area contributed by atoms with Crippen LogP contribution in [0.15, 0.2) is 11.6 Å². The topological polar surface area (TPSA) is 57.5 Å². The van der Waals surface area contributed by atoms with E-state index >= 15 is 0 Å². The second-order valence-corrected chi connectivity index (χ2v) is 9.50. The van der Waals surface area contributed by atoms with Gasteiger partial charge < -0.3 is 10.2 Å². The van der Waals surface area contributed by atoms with Crippen LogP contribution in [0.3, 0.4) is 0 Å². The third-order valence-corrected chi connectivity index (χ3v) is 8.65. The van der Waals surface area contributed by atoms with E-state index in [1.165, 1.54) is 31.3 Å². The van der Waals surface area contributed by atoms with Crippen LogP contribution < -0.4 is 0 Å². The normalized spacial score (nSPS) is 47.9. The van der Waals surface area contributed by atoms with Crippen LogP contribution in [0.5, 0.6) is 0 Å². The van der Waals surface area contributed by atoms with Crippen molar-refractivity contribution in [1.29, 1.82) is 0 Å². The van der Waals surface area contributed by atoms with Crippen molar-refractivity contribution in [2.45, 2.75) is 77.9 Å². The number of carbonyl (C=O) groups excluding carboxylic acids is 1. The molecule has 6 unspecified atom stereocenters. The van der Waals surface area contributed by atoms with E-state index in [9.17, 15) is 15.0 Å². The molecule has 3 fully saturated rings. The van der Waals surface area contributed by atoms with Crippen LogP contribution in [0.2, 0.25) is 0 Å². The molecule has 4 aliphatic rings. The Labute approximate surface area is 145 Å². The zero-order chi connectivity index (χ0) is 17.1. The SMILES string of the molecule is CC12CCC(=O)C=C1CCC1C2CCC2(C)C(CC(O)O)CCC12. The van der Waals surface area contributed by atoms with E-state index in [0.717, 1.165) is 43.4 Å². The van der Waals surface area contributed by atoms with Gasteiger partial charge in [0.1, 0.15) is 0 Å². The molecule has 0 bridgehead atoms. The molecule has 0 aromatic rings. The number of rotatable bonds is 2. The minimum atomic E-state index is -1.16. The highest BCUT2D eigenvalue weighted by molar-refractivity contribution is 5.91. The quantitative estimate of drug-likeness (QED) is 0.756. The van der Waals surface area contributed by atoms with Gasteiger partial charge in [-0.1, -0.05) is 19.4 Å². The van der Waals surface area contributed by atoms with Crippen molar-refractivity contribution in [3.63, 3.8) is 0 Å². The van der Waals surface area contributed by atoms with Gasteiger partial charge in [0.2, 0.25) is 0 Å². The highest BCUT2D eigenvalue weighted by atomic mass is 16.5. The summed E-state index contributed by atoms with van der Waals surface area (Å²) in [6.07, 6.45) is 10.3. The number of hydrogen-bond donors (Lipinski definition) is 2. The van der Waals surface area contributed by atoms with Crippen LogP contribution in [0, 0.1) is 34.5 Å². The Hall–Kier alpha value is -0.670. The van der Waals surface area contributed by atoms with Gasteiger partial charge in [0.25, 0.3) is 0 Å². The highest BCUT2D eigenvalue weighted by Gasteiger charge is 2.58. The zero-order valence-corrected chi connectivity index (χ0v) is 15.1. The summed E-state index contributed by atoms with van der Waals surface area (Å²) in [6.45, 7) is 4.85. The van der Waals surface area contributed by atoms with Gasteiger partial charge in [0, 0.05) is 12.8 Å². The summed E-state index contributed by atoms with van der Waals surface area (Å²) in [5.41, 5.74) is 1.96. The number of carbonyl (C=O) groups is 1. The van der Waals surface area contributed by atoms with Crippen molar-refractivity contribution in [3.05, 3.63) is 11.6 Å². The summed E-state index contributed by atoms with van der Waals surface area (Å²) < 4.78 is 0. The third-order valence-electron chi connectivity index (χ3n) is 8.65. The fourth-order valence-electron chi connectivity index (χ4n) is 7.31. The van der Waals surface area contributed by atoms with Crippen LogP contribution in [-0.2, 0) is 4.79 Å². The van der Waals surface area contributed by atoms with Gasteiger partial charge in [-0.05, 0) is 85.5 Å². The van der Waals surface area contributed by atoms with E-state index < -0.39 is 6.29 Å². The summed E-state index contributed by atoms with van der Waals surface area (Å²) in [5, 5.41) is 19.0. The van der Waals surface area contributed by atoms with Crippen molar-refractivity contribution in [2.24, 2.45) is 34.5 Å². The smallest absolute Gasteiger partial charge is 0.155 e. The molecule has 0 heterocycles. The lowest BCUT2D eigenvalue weighted by Crippen LogP contribution is -2.50. The lowest BCUT2D eigenvalue weighted by atomic mass is 9.47. The number of allylic oxidation sites excluding steroid dienone is 1. The second kappa shape index (κ2) is 5.67. The fraction of sp³-hybridized carbons (Fsp3) is 0.857. The first-order chi connectivity index (χ1) is 11.3. The van der Waals surface area contributed by atoms with Gasteiger partial charge in [-0.2, -0.15) is 0 Å². The summed E-state index contributed by atoms with van der Waals surface area (Å²) in [6, 6.07) is 0. The average molecular weight is 332 g/mol. The lowest BCUT2D eigenvalue weighted by Gasteiger charge is -2.58. The third kappa shape index (κ3) is 2.34. The van der Waals surface area contributed by atoms with Gasteiger partial charge in [0.15, 0.2) is 12.1 Å². The van der Waals surface area contributed by atoms with Gasteiger partial charge in [-0.3, -0.25) is 4.79 Å². The Bertz CT molecular complexity index is 565. The van der Waals surface area contributed by atoms with Crippen molar-refractivity contribution in [1.82, 2.24) is 0 Å². The molecule has 4 rings (SSSR count). The molecule has 3 nitrogen and oxygen atoms in total. The molecule has 134 valence electrons. The van der Waals surface area contributed by atoms with Gasteiger partial charge in [0.05, 0.1) is 0 Å². The first-order valence-electron chi connectivity index (χ1n) is 9.94. The first kappa shape index (κ1) is 16.8. The molecule has 4 aliphatic carbocycles. The van der Waals surface area contributed by atoms with E-state index in [0.29, 0.717) is 18.1 Å². The van der Waals surface area contributed by atoms with Crippen molar-refractivity contribution < 1.29 is 15.0 Å². The molecule has 0 aliphatic heterocycles. The Morgan fingerprint density at radius 1 is 1.08 bits per heavy atom. The van der Waals surface area contributed by atoms with Crippen molar-refractivity contribution in [3.8, 4) is 0 Å². The first-order valence-corrected chi connectivity index (χ1v) is 9.94. The minimum absolute atomic E-state index is 0.243. The predicted molar refractivity (Wildman–Crippen MR) is 93.0 cm³/mol. The van der Waals surface area contributed by atoms with Gasteiger partial charge in [-0.25, -0.2) is 0 Å². The molecule has 24 heavy (non-hydrogen) atoms. The number of fused-ring (bicyclic) bond motifs is 5. The largest absolute Gasteiger partial charge is 0.368 e. The molecule has 6 atom stereocenters. The number of hydrogen-bond acceptors (Lipinski definition) is 3. The predicted octanol–water partition coefficient (Wildman–Crippen LogP) is 3.84. The molecule has 0 aromatic carbocycles. The Balaban J connectivity index is 1.61. The average Bonchev–Trinajstić information content (AvgIpc) is 2.84. The highest BCUT2D eigenvalue weighted by Crippen LogP contribution is 2.67. The van der Waals surface area contributed by atoms with Gasteiger partial charge >= 0.3 is 0 Å². The molecule has 0 saturated heterocycles. The fourth-order valence-corrected chi connectivity index (χ4v) is 7.31. The molecule has 0 spiro atoms. The summed E-state index contributed by atoms with van der Waals surface area (Å²) >= 11 is 0. The monoisotopic (exact) mass is 332 g/mol. The van der Waals surface area contributed by atoms with Crippen LogP contribution in [-0.4, -0.2) is 22.3 Å². The molecular weight excluding hydrogens is 300 g/mol. The Morgan fingerprint density at radius 2 is 1.88 bits per heavy atom. The van der Waals surface area contributed by atoms with Crippen molar-refractivity contribution >= 4 is 5.78 Å². The van der Waals surface area contributed by atoms with Crippen LogP contribution in [0.25, 0.3) is 0 Å². The molecule has 0 aromatic heterocycles. The summed E-state index contributed by atoms with van der Waals surface area (Å²) in [4.78, 5) is 11.9. The molecule has 2 N–H and O–H groups in total. The zero-order valence-electron chi connectivity index (χ0n) is 15.1. The van der Waals surface area contributed by atoms with Crippen LogP contribution in [0.4, 0.5) is 0 Å². The number of aliphatic hydroxyl groups is 2. The Kier molecular flexibility index (Phi) is 3.96.